The van der Waals surface area contributed by atoms with Gasteiger partial charge in [0.05, 0.1) is 13.0 Å². The van der Waals surface area contributed by atoms with Crippen molar-refractivity contribution in [2.45, 2.75) is 31.2 Å². The fourth-order valence-electron chi connectivity index (χ4n) is 4.87. The standard InChI is InChI=1S/C19H21NO4/c1-22-16-8-12-3-2-5-20-6-4-11-7-14-15(24-10-23-14)9-13(11)17(18(12)20)19(16)21/h7-9,12,17-18H,2-6,10H2,1H3/t12?,17-,18?/m0/s1. The van der Waals surface area contributed by atoms with Gasteiger partial charge >= 0.3 is 0 Å². The number of nitrogens with zero attached hydrogens (tertiary/aromatic N) is 1. The summed E-state index contributed by atoms with van der Waals surface area (Å²) in [6.07, 6.45) is 5.31. The lowest BCUT2D eigenvalue weighted by Gasteiger charge is -2.45. The number of Topliss-reactive ketones (excluding diaryl/α,β-unsaturated/α-hetero) is 1. The summed E-state index contributed by atoms with van der Waals surface area (Å²) < 4.78 is 16.5. The van der Waals surface area contributed by atoms with Gasteiger partial charge in [0.15, 0.2) is 17.3 Å². The molecule has 1 aliphatic carbocycles. The van der Waals surface area contributed by atoms with E-state index in [4.69, 9.17) is 14.2 Å². The minimum Gasteiger partial charge on any atom is -0.493 e. The molecule has 5 rings (SSSR count). The lowest BCUT2D eigenvalue weighted by molar-refractivity contribution is -0.123. The van der Waals surface area contributed by atoms with Gasteiger partial charge in [-0.05, 0) is 61.1 Å². The van der Waals surface area contributed by atoms with Crippen molar-refractivity contribution in [1.29, 1.82) is 0 Å². The predicted molar refractivity (Wildman–Crippen MR) is 87.2 cm³/mol. The molecule has 24 heavy (non-hydrogen) atoms. The Morgan fingerprint density at radius 2 is 2.04 bits per heavy atom. The van der Waals surface area contributed by atoms with Gasteiger partial charge in [-0.1, -0.05) is 0 Å². The lowest BCUT2D eigenvalue weighted by atomic mass is 9.72. The molecule has 5 nitrogen and oxygen atoms in total. The predicted octanol–water partition coefficient (Wildman–Crippen LogP) is 2.25. The number of methoxy groups -OCH3 is 1. The van der Waals surface area contributed by atoms with E-state index < -0.39 is 0 Å². The maximum atomic E-state index is 13.1. The Balaban J connectivity index is 1.68. The van der Waals surface area contributed by atoms with E-state index in [0.717, 1.165) is 43.0 Å². The molecular formula is C19H21NO4. The molecule has 1 aromatic carbocycles. The van der Waals surface area contributed by atoms with Crippen LogP contribution in [-0.4, -0.2) is 43.7 Å². The number of fused-ring (bicyclic) bond motifs is 3. The van der Waals surface area contributed by atoms with E-state index in [1.54, 1.807) is 7.11 Å². The lowest BCUT2D eigenvalue weighted by Crippen LogP contribution is -2.51. The van der Waals surface area contributed by atoms with Crippen molar-refractivity contribution in [3.63, 3.8) is 0 Å². The number of benzene rings is 1. The summed E-state index contributed by atoms with van der Waals surface area (Å²) in [7, 11) is 1.60. The van der Waals surface area contributed by atoms with Gasteiger partial charge in [-0.3, -0.25) is 9.69 Å². The molecule has 0 amide bonds. The topological polar surface area (TPSA) is 48.0 Å². The van der Waals surface area contributed by atoms with E-state index in [9.17, 15) is 4.79 Å². The van der Waals surface area contributed by atoms with Crippen LogP contribution in [0.3, 0.4) is 0 Å². The normalized spacial score (nSPS) is 31.0. The number of ketones is 1. The van der Waals surface area contributed by atoms with Crippen molar-refractivity contribution in [3.8, 4) is 11.5 Å². The molecule has 0 radical (unpaired) electrons. The summed E-state index contributed by atoms with van der Waals surface area (Å²) in [5.74, 6) is 2.41. The van der Waals surface area contributed by atoms with Crippen molar-refractivity contribution >= 4 is 5.78 Å². The monoisotopic (exact) mass is 327 g/mol. The van der Waals surface area contributed by atoms with Crippen molar-refractivity contribution in [2.75, 3.05) is 27.0 Å². The number of carbonyl (C=O) groups excluding carboxylic acids is 1. The second kappa shape index (κ2) is 5.24. The Bertz CT molecular complexity index is 741. The summed E-state index contributed by atoms with van der Waals surface area (Å²) >= 11 is 0. The van der Waals surface area contributed by atoms with Gasteiger partial charge in [0.1, 0.15) is 0 Å². The van der Waals surface area contributed by atoms with E-state index in [2.05, 4.69) is 17.0 Å². The van der Waals surface area contributed by atoms with Crippen LogP contribution in [0.5, 0.6) is 11.5 Å². The van der Waals surface area contributed by atoms with Crippen molar-refractivity contribution in [2.24, 2.45) is 5.92 Å². The fourth-order valence-corrected chi connectivity index (χ4v) is 4.87. The van der Waals surface area contributed by atoms with Crippen LogP contribution in [0, 0.1) is 5.92 Å². The van der Waals surface area contributed by atoms with Crippen LogP contribution in [0.4, 0.5) is 0 Å². The second-order valence-corrected chi connectivity index (χ2v) is 7.06. The number of ether oxygens (including phenoxy) is 3. The molecule has 3 aliphatic heterocycles. The molecule has 0 spiro atoms. The maximum absolute atomic E-state index is 13.1. The largest absolute Gasteiger partial charge is 0.493 e. The summed E-state index contributed by atoms with van der Waals surface area (Å²) in [4.78, 5) is 15.7. The Morgan fingerprint density at radius 1 is 1.21 bits per heavy atom. The van der Waals surface area contributed by atoms with Crippen LogP contribution in [0.25, 0.3) is 0 Å². The first-order chi connectivity index (χ1) is 11.8. The quantitative estimate of drug-likeness (QED) is 0.792. The highest BCUT2D eigenvalue weighted by Gasteiger charge is 2.47. The molecule has 0 N–H and O–H groups in total. The first kappa shape index (κ1) is 14.3. The molecule has 2 unspecified atom stereocenters. The third-order valence-electron chi connectivity index (χ3n) is 5.93. The number of rotatable bonds is 1. The molecule has 3 heterocycles. The summed E-state index contributed by atoms with van der Waals surface area (Å²) in [6.45, 7) is 2.33. The number of hydrogen-bond donors (Lipinski definition) is 0. The van der Waals surface area contributed by atoms with Gasteiger partial charge in [-0.2, -0.15) is 0 Å². The third-order valence-corrected chi connectivity index (χ3v) is 5.93. The first-order valence-corrected chi connectivity index (χ1v) is 8.73. The van der Waals surface area contributed by atoms with E-state index in [-0.39, 0.29) is 24.5 Å². The minimum atomic E-state index is -0.165. The Morgan fingerprint density at radius 3 is 2.88 bits per heavy atom. The third kappa shape index (κ3) is 1.94. The fraction of sp³-hybridized carbons (Fsp3) is 0.526. The van der Waals surface area contributed by atoms with E-state index in [1.807, 2.05) is 6.07 Å². The summed E-state index contributed by atoms with van der Waals surface area (Å²) in [5.41, 5.74) is 2.31. The zero-order valence-corrected chi connectivity index (χ0v) is 13.8. The number of allylic oxidation sites excluding steroid dienone is 1. The van der Waals surface area contributed by atoms with Crippen LogP contribution >= 0.6 is 0 Å². The van der Waals surface area contributed by atoms with E-state index in [0.29, 0.717) is 11.7 Å². The molecule has 0 saturated carbocycles. The van der Waals surface area contributed by atoms with Gasteiger partial charge in [-0.25, -0.2) is 0 Å². The van der Waals surface area contributed by atoms with Gasteiger partial charge in [-0.15, -0.1) is 0 Å². The Hall–Kier alpha value is -2.01. The van der Waals surface area contributed by atoms with Crippen LogP contribution < -0.4 is 9.47 Å². The maximum Gasteiger partial charge on any atom is 0.231 e. The molecule has 3 atom stereocenters. The number of piperidine rings is 1. The number of carbonyl (C=O) groups is 1. The van der Waals surface area contributed by atoms with Gasteiger partial charge in [0, 0.05) is 12.6 Å². The highest BCUT2D eigenvalue weighted by Crippen LogP contribution is 2.47. The van der Waals surface area contributed by atoms with Crippen molar-refractivity contribution in [3.05, 3.63) is 35.1 Å². The Labute approximate surface area is 141 Å². The van der Waals surface area contributed by atoms with Gasteiger partial charge in [0.25, 0.3) is 0 Å². The van der Waals surface area contributed by atoms with Gasteiger partial charge < -0.3 is 14.2 Å². The average Bonchev–Trinajstić information content (AvgIpc) is 2.99. The highest BCUT2D eigenvalue weighted by atomic mass is 16.7. The molecule has 5 heteroatoms. The molecule has 0 bridgehead atoms. The molecule has 4 aliphatic rings. The highest BCUT2D eigenvalue weighted by molar-refractivity contribution is 6.00. The van der Waals surface area contributed by atoms with Crippen LogP contribution in [-0.2, 0) is 16.0 Å². The smallest absolute Gasteiger partial charge is 0.231 e. The molecular weight excluding hydrogens is 306 g/mol. The zero-order chi connectivity index (χ0) is 16.3. The minimum absolute atomic E-state index is 0.104. The summed E-state index contributed by atoms with van der Waals surface area (Å²) in [5, 5.41) is 0. The zero-order valence-electron chi connectivity index (χ0n) is 13.8. The molecule has 1 fully saturated rings. The first-order valence-electron chi connectivity index (χ1n) is 8.73. The molecule has 1 aromatic rings. The number of hydrogen-bond acceptors (Lipinski definition) is 5. The molecule has 0 aromatic heterocycles. The Kier molecular flexibility index (Phi) is 3.13. The second-order valence-electron chi connectivity index (χ2n) is 7.06. The molecule has 126 valence electrons. The molecule has 1 saturated heterocycles. The van der Waals surface area contributed by atoms with Gasteiger partial charge in [0.2, 0.25) is 12.6 Å². The average molecular weight is 327 g/mol. The van der Waals surface area contributed by atoms with E-state index >= 15 is 0 Å². The van der Waals surface area contributed by atoms with Crippen molar-refractivity contribution < 1.29 is 19.0 Å². The summed E-state index contributed by atoms with van der Waals surface area (Å²) in [6, 6.07) is 4.35. The van der Waals surface area contributed by atoms with E-state index in [1.165, 1.54) is 12.0 Å². The van der Waals surface area contributed by atoms with Crippen LogP contribution in [0.2, 0.25) is 0 Å². The SMILES string of the molecule is COC1=CC2CCCN3CCc4cc5c(cc4[C@H](C1=O)C23)OCO5. The van der Waals surface area contributed by atoms with Crippen LogP contribution in [0.1, 0.15) is 29.9 Å². The van der Waals surface area contributed by atoms with Crippen LogP contribution in [0.15, 0.2) is 24.0 Å². The van der Waals surface area contributed by atoms with Crippen molar-refractivity contribution in [1.82, 2.24) is 4.90 Å².